The van der Waals surface area contributed by atoms with Crippen molar-refractivity contribution < 1.29 is 0 Å². The number of hydrogen-bond donors (Lipinski definition) is 0. The molecule has 1 saturated carbocycles. The molecule has 0 radical (unpaired) electrons. The highest BCUT2D eigenvalue weighted by Gasteiger charge is 2.28. The Bertz CT molecular complexity index is 105. The van der Waals surface area contributed by atoms with Gasteiger partial charge in [0.1, 0.15) is 0 Å². The molecular formula is C7H13NO. The van der Waals surface area contributed by atoms with Gasteiger partial charge < -0.3 is 0 Å². The van der Waals surface area contributed by atoms with E-state index in [1.807, 2.05) is 0 Å². The number of hydrogen-bond acceptors (Lipinski definition) is 2. The van der Waals surface area contributed by atoms with Gasteiger partial charge in [0.15, 0.2) is 0 Å². The van der Waals surface area contributed by atoms with Crippen LogP contribution in [-0.2, 0) is 0 Å². The Morgan fingerprint density at radius 3 is 2.44 bits per heavy atom. The molecule has 1 fully saturated rings. The molecule has 0 unspecified atom stereocenters. The second-order valence-corrected chi connectivity index (χ2v) is 3.30. The van der Waals surface area contributed by atoms with Crippen molar-refractivity contribution in [1.29, 1.82) is 0 Å². The highest BCUT2D eigenvalue weighted by Crippen LogP contribution is 2.37. The van der Waals surface area contributed by atoms with Crippen molar-refractivity contribution in [3.8, 4) is 0 Å². The molecule has 1 aliphatic carbocycles. The molecule has 0 aromatic rings. The van der Waals surface area contributed by atoms with Gasteiger partial charge in [-0.3, -0.25) is 0 Å². The zero-order valence-corrected chi connectivity index (χ0v) is 5.89. The van der Waals surface area contributed by atoms with Gasteiger partial charge in [-0.1, -0.05) is 24.9 Å². The lowest BCUT2D eigenvalue weighted by molar-refractivity contribution is 0.350. The molecule has 0 spiro atoms. The van der Waals surface area contributed by atoms with Crippen LogP contribution in [0.4, 0.5) is 0 Å². The third-order valence-corrected chi connectivity index (χ3v) is 2.26. The maximum atomic E-state index is 9.92. The quantitative estimate of drug-likeness (QED) is 0.523. The van der Waals surface area contributed by atoms with Gasteiger partial charge in [0, 0.05) is 0 Å². The van der Waals surface area contributed by atoms with E-state index in [1.54, 1.807) is 0 Å². The largest absolute Gasteiger partial charge is 0.151 e. The molecule has 0 saturated heterocycles. The topological polar surface area (TPSA) is 29.4 Å². The van der Waals surface area contributed by atoms with E-state index in [0.29, 0.717) is 6.54 Å². The van der Waals surface area contributed by atoms with Crippen molar-refractivity contribution in [2.24, 2.45) is 10.6 Å². The van der Waals surface area contributed by atoms with E-state index >= 15 is 0 Å². The Balaban J connectivity index is 2.40. The van der Waals surface area contributed by atoms with Gasteiger partial charge in [0.2, 0.25) is 0 Å². The summed E-state index contributed by atoms with van der Waals surface area (Å²) in [6.07, 6.45) is 4.95. The van der Waals surface area contributed by atoms with Crippen LogP contribution in [0.1, 0.15) is 32.6 Å². The van der Waals surface area contributed by atoms with E-state index in [4.69, 9.17) is 0 Å². The standard InChI is InChI=1S/C7H13NO/c1-7(6-8-9)4-2-3-5-7/h2-6H2,1H3. The summed E-state index contributed by atoms with van der Waals surface area (Å²) in [5.41, 5.74) is 0.266. The van der Waals surface area contributed by atoms with Crippen molar-refractivity contribution in [2.45, 2.75) is 32.6 Å². The molecule has 0 aromatic carbocycles. The summed E-state index contributed by atoms with van der Waals surface area (Å²) in [5, 5.41) is 2.94. The Morgan fingerprint density at radius 2 is 2.00 bits per heavy atom. The van der Waals surface area contributed by atoms with E-state index in [9.17, 15) is 4.91 Å². The molecule has 2 nitrogen and oxygen atoms in total. The normalized spacial score (nSPS) is 24.1. The molecule has 1 aliphatic rings. The molecule has 52 valence electrons. The summed E-state index contributed by atoms with van der Waals surface area (Å²) < 4.78 is 0. The minimum atomic E-state index is 0.266. The average molecular weight is 127 g/mol. The third-order valence-electron chi connectivity index (χ3n) is 2.26. The molecular weight excluding hydrogens is 114 g/mol. The first-order valence-electron chi connectivity index (χ1n) is 3.56. The van der Waals surface area contributed by atoms with Gasteiger partial charge in [-0.05, 0) is 18.3 Å². The predicted octanol–water partition coefficient (Wildman–Crippen LogP) is 2.33. The number of rotatable bonds is 2. The minimum absolute atomic E-state index is 0.266. The van der Waals surface area contributed by atoms with Crippen LogP contribution in [0.3, 0.4) is 0 Å². The van der Waals surface area contributed by atoms with Crippen LogP contribution in [0.15, 0.2) is 5.18 Å². The SMILES string of the molecule is CC1(CN=O)CCCC1. The Morgan fingerprint density at radius 1 is 1.44 bits per heavy atom. The van der Waals surface area contributed by atoms with Gasteiger partial charge in [-0.25, -0.2) is 0 Å². The molecule has 1 rings (SSSR count). The number of nitrogens with zero attached hydrogens (tertiary/aromatic N) is 1. The zero-order chi connectivity index (χ0) is 6.74. The van der Waals surface area contributed by atoms with Crippen LogP contribution in [0.5, 0.6) is 0 Å². The summed E-state index contributed by atoms with van der Waals surface area (Å²) >= 11 is 0. The molecule has 0 amide bonds. The number of nitroso groups, excluding NO2 is 1. The molecule has 0 aliphatic heterocycles. The van der Waals surface area contributed by atoms with Gasteiger partial charge in [0.25, 0.3) is 0 Å². The smallest absolute Gasteiger partial charge is 0.0864 e. The van der Waals surface area contributed by atoms with E-state index in [0.717, 1.165) is 0 Å². The van der Waals surface area contributed by atoms with Crippen molar-refractivity contribution in [3.63, 3.8) is 0 Å². The van der Waals surface area contributed by atoms with Gasteiger partial charge >= 0.3 is 0 Å². The van der Waals surface area contributed by atoms with E-state index in [2.05, 4.69) is 12.1 Å². The lowest BCUT2D eigenvalue weighted by Crippen LogP contribution is -2.14. The molecule has 2 heteroatoms. The van der Waals surface area contributed by atoms with Crippen molar-refractivity contribution in [3.05, 3.63) is 4.91 Å². The lowest BCUT2D eigenvalue weighted by Gasteiger charge is -2.17. The monoisotopic (exact) mass is 127 g/mol. The maximum absolute atomic E-state index is 9.92. The second-order valence-electron chi connectivity index (χ2n) is 3.30. The summed E-state index contributed by atoms with van der Waals surface area (Å²) in [6.45, 7) is 2.68. The molecule has 0 heterocycles. The van der Waals surface area contributed by atoms with Gasteiger partial charge in [-0.2, -0.15) is 4.91 Å². The van der Waals surface area contributed by atoms with E-state index < -0.39 is 0 Å². The Labute approximate surface area is 55.6 Å². The van der Waals surface area contributed by atoms with Crippen LogP contribution in [-0.4, -0.2) is 6.54 Å². The summed E-state index contributed by atoms with van der Waals surface area (Å²) in [7, 11) is 0. The minimum Gasteiger partial charge on any atom is -0.151 e. The summed E-state index contributed by atoms with van der Waals surface area (Å²) in [5.74, 6) is 0. The summed E-state index contributed by atoms with van der Waals surface area (Å²) in [4.78, 5) is 9.92. The molecule has 0 bridgehead atoms. The molecule has 0 aromatic heterocycles. The maximum Gasteiger partial charge on any atom is 0.0864 e. The highest BCUT2D eigenvalue weighted by atomic mass is 16.3. The predicted molar refractivity (Wildman–Crippen MR) is 37.2 cm³/mol. The van der Waals surface area contributed by atoms with Crippen molar-refractivity contribution >= 4 is 0 Å². The van der Waals surface area contributed by atoms with Gasteiger partial charge in [0.05, 0.1) is 6.54 Å². The van der Waals surface area contributed by atoms with Gasteiger partial charge in [-0.15, -0.1) is 0 Å². The van der Waals surface area contributed by atoms with Crippen LogP contribution in [0.2, 0.25) is 0 Å². The van der Waals surface area contributed by atoms with Crippen LogP contribution >= 0.6 is 0 Å². The Kier molecular flexibility index (Phi) is 1.84. The first-order chi connectivity index (χ1) is 4.27. The van der Waals surface area contributed by atoms with E-state index in [-0.39, 0.29) is 5.41 Å². The van der Waals surface area contributed by atoms with Crippen molar-refractivity contribution in [1.82, 2.24) is 0 Å². The first-order valence-corrected chi connectivity index (χ1v) is 3.56. The Hall–Kier alpha value is -0.400. The molecule has 0 N–H and O–H groups in total. The van der Waals surface area contributed by atoms with Crippen LogP contribution in [0.25, 0.3) is 0 Å². The van der Waals surface area contributed by atoms with E-state index in [1.165, 1.54) is 25.7 Å². The first kappa shape index (κ1) is 6.72. The zero-order valence-electron chi connectivity index (χ0n) is 5.89. The second kappa shape index (κ2) is 2.46. The lowest BCUT2D eigenvalue weighted by atomic mass is 9.89. The third kappa shape index (κ3) is 1.50. The fraction of sp³-hybridized carbons (Fsp3) is 1.00. The van der Waals surface area contributed by atoms with Crippen molar-refractivity contribution in [2.75, 3.05) is 6.54 Å². The fourth-order valence-electron chi connectivity index (χ4n) is 1.54. The average Bonchev–Trinajstić information content (AvgIpc) is 2.16. The summed E-state index contributed by atoms with van der Waals surface area (Å²) in [6, 6.07) is 0. The fourth-order valence-corrected chi connectivity index (χ4v) is 1.54. The van der Waals surface area contributed by atoms with Crippen LogP contribution < -0.4 is 0 Å². The molecule has 0 atom stereocenters. The molecule has 9 heavy (non-hydrogen) atoms. The van der Waals surface area contributed by atoms with Crippen LogP contribution in [0, 0.1) is 10.3 Å². The highest BCUT2D eigenvalue weighted by molar-refractivity contribution is 4.81.